The number of rotatable bonds is 3. The van der Waals surface area contributed by atoms with E-state index in [0.717, 1.165) is 11.3 Å². The highest BCUT2D eigenvalue weighted by Crippen LogP contribution is 2.45. The third-order valence-electron chi connectivity index (χ3n) is 5.32. The first-order valence-electron chi connectivity index (χ1n) is 9.22. The van der Waals surface area contributed by atoms with Crippen LogP contribution in [0.4, 0.5) is 11.4 Å². The predicted molar refractivity (Wildman–Crippen MR) is 116 cm³/mol. The van der Waals surface area contributed by atoms with Gasteiger partial charge in [0, 0.05) is 34.7 Å². The number of hydrogen-bond donors (Lipinski definition) is 0. The van der Waals surface area contributed by atoms with Crippen LogP contribution in [0.3, 0.4) is 0 Å². The van der Waals surface area contributed by atoms with E-state index in [1.807, 2.05) is 30.0 Å². The molecule has 0 N–H and O–H groups in total. The molecule has 2 aromatic carbocycles. The lowest BCUT2D eigenvalue weighted by atomic mass is 9.85. The van der Waals surface area contributed by atoms with Gasteiger partial charge in [-0.3, -0.25) is 19.8 Å². The molecule has 2 aromatic rings. The van der Waals surface area contributed by atoms with E-state index >= 15 is 0 Å². The first-order chi connectivity index (χ1) is 14.4. The molecule has 0 aliphatic carbocycles. The topological polar surface area (TPSA) is 90.5 Å². The minimum absolute atomic E-state index is 0.0142. The molecule has 2 aliphatic heterocycles. The highest BCUT2D eigenvalue weighted by molar-refractivity contribution is 8.03. The van der Waals surface area contributed by atoms with Crippen molar-refractivity contribution in [1.29, 1.82) is 5.26 Å². The number of carbonyl (C=O) groups is 1. The number of fused-ring (bicyclic) bond motifs is 1. The normalized spacial score (nSPS) is 18.8. The Morgan fingerprint density at radius 1 is 1.30 bits per heavy atom. The molecule has 7 nitrogen and oxygen atoms in total. The molecule has 1 amide bonds. The maximum Gasteiger partial charge on any atom is 0.273 e. The summed E-state index contributed by atoms with van der Waals surface area (Å²) in [6.07, 6.45) is 0.0142. The minimum atomic E-state index is -0.622. The van der Waals surface area contributed by atoms with Crippen LogP contribution in [0.25, 0.3) is 0 Å². The lowest BCUT2D eigenvalue weighted by Crippen LogP contribution is -2.47. The molecule has 0 aromatic heterocycles. The summed E-state index contributed by atoms with van der Waals surface area (Å²) >= 11 is 7.64. The summed E-state index contributed by atoms with van der Waals surface area (Å²) in [5.41, 5.74) is 2.58. The molecule has 1 fully saturated rings. The minimum Gasteiger partial charge on any atom is -0.344 e. The molecule has 0 spiro atoms. The predicted octanol–water partition coefficient (Wildman–Crippen LogP) is 4.78. The maximum atomic E-state index is 13.0. The third-order valence-corrected chi connectivity index (χ3v) is 6.88. The van der Waals surface area contributed by atoms with Crippen LogP contribution in [0.1, 0.15) is 23.5 Å². The first-order valence-corrected chi connectivity index (χ1v) is 10.6. The Balaban J connectivity index is 1.70. The molecule has 1 atom stereocenters. The maximum absolute atomic E-state index is 13.0. The van der Waals surface area contributed by atoms with E-state index in [-0.39, 0.29) is 18.0 Å². The number of allylic oxidation sites excluding steroid dienone is 1. The number of thioether (sulfide) groups is 1. The first kappa shape index (κ1) is 20.3. The summed E-state index contributed by atoms with van der Waals surface area (Å²) in [6, 6.07) is 14.3. The monoisotopic (exact) mass is 440 g/mol. The number of para-hydroxylation sites is 1. The number of nitro benzene ring substituents is 1. The number of benzene rings is 2. The zero-order valence-corrected chi connectivity index (χ0v) is 17.6. The van der Waals surface area contributed by atoms with E-state index in [4.69, 9.17) is 11.6 Å². The number of hydrogen-bond acceptors (Lipinski definition) is 6. The van der Waals surface area contributed by atoms with Crippen LogP contribution in [0.15, 0.2) is 53.1 Å². The fourth-order valence-electron chi connectivity index (χ4n) is 3.72. The highest BCUT2D eigenvalue weighted by atomic mass is 35.5. The number of aryl methyl sites for hydroxylation is 1. The van der Waals surface area contributed by atoms with Crippen molar-refractivity contribution in [3.8, 4) is 6.07 Å². The van der Waals surface area contributed by atoms with Gasteiger partial charge >= 0.3 is 0 Å². The molecule has 1 unspecified atom stereocenters. The second kappa shape index (κ2) is 8.01. The fourth-order valence-corrected chi connectivity index (χ4v) is 5.06. The van der Waals surface area contributed by atoms with Crippen LogP contribution in [-0.4, -0.2) is 28.3 Å². The number of anilines is 1. The van der Waals surface area contributed by atoms with Crippen molar-refractivity contribution in [3.63, 3.8) is 0 Å². The largest absolute Gasteiger partial charge is 0.344 e. The number of carbonyl (C=O) groups excluding carboxylic acids is 1. The van der Waals surface area contributed by atoms with Gasteiger partial charge in [-0.05, 0) is 24.6 Å². The summed E-state index contributed by atoms with van der Waals surface area (Å²) in [4.78, 5) is 27.6. The summed E-state index contributed by atoms with van der Waals surface area (Å²) < 4.78 is 0. The van der Waals surface area contributed by atoms with E-state index in [1.165, 1.54) is 17.8 Å². The zero-order chi connectivity index (χ0) is 21.4. The number of nitrogens with zero attached hydrogens (tertiary/aromatic N) is 4. The summed E-state index contributed by atoms with van der Waals surface area (Å²) in [7, 11) is 0. The smallest absolute Gasteiger partial charge is 0.273 e. The quantitative estimate of drug-likeness (QED) is 0.504. The Morgan fingerprint density at radius 3 is 2.77 bits per heavy atom. The van der Waals surface area contributed by atoms with Gasteiger partial charge in [-0.25, -0.2) is 0 Å². The molecule has 0 bridgehead atoms. The Labute approximate surface area is 182 Å². The highest BCUT2D eigenvalue weighted by Gasteiger charge is 2.40. The van der Waals surface area contributed by atoms with Crippen LogP contribution in [0, 0.1) is 28.4 Å². The second-order valence-corrected chi connectivity index (χ2v) is 8.45. The molecule has 0 saturated carbocycles. The fraction of sp³-hybridized carbons (Fsp3) is 0.238. The van der Waals surface area contributed by atoms with Gasteiger partial charge in [-0.15, -0.1) is 0 Å². The van der Waals surface area contributed by atoms with Gasteiger partial charge in [0.25, 0.3) is 5.69 Å². The third kappa shape index (κ3) is 3.51. The molecule has 0 radical (unpaired) electrons. The van der Waals surface area contributed by atoms with Crippen molar-refractivity contribution in [2.24, 2.45) is 0 Å². The molecule has 2 heterocycles. The van der Waals surface area contributed by atoms with E-state index < -0.39 is 10.8 Å². The molecule has 1 saturated heterocycles. The lowest BCUT2D eigenvalue weighted by Gasteiger charge is -2.42. The summed E-state index contributed by atoms with van der Waals surface area (Å²) in [5.74, 6) is -0.251. The van der Waals surface area contributed by atoms with Gasteiger partial charge in [0.15, 0.2) is 0 Å². The Kier molecular flexibility index (Phi) is 5.41. The van der Waals surface area contributed by atoms with Gasteiger partial charge in [0.05, 0.1) is 34.1 Å². The van der Waals surface area contributed by atoms with Gasteiger partial charge < -0.3 is 4.90 Å². The van der Waals surface area contributed by atoms with Crippen LogP contribution >= 0.6 is 23.4 Å². The van der Waals surface area contributed by atoms with Gasteiger partial charge in [-0.1, -0.05) is 47.6 Å². The van der Waals surface area contributed by atoms with Crippen molar-refractivity contribution >= 4 is 40.6 Å². The summed E-state index contributed by atoms with van der Waals surface area (Å²) in [6.45, 7) is 2.23. The lowest BCUT2D eigenvalue weighted by molar-refractivity contribution is -0.385. The average Bonchev–Trinajstić information content (AvgIpc) is 2.75. The van der Waals surface area contributed by atoms with E-state index in [9.17, 15) is 20.2 Å². The van der Waals surface area contributed by atoms with Gasteiger partial charge in [0.1, 0.15) is 0 Å². The number of nitriles is 1. The summed E-state index contributed by atoms with van der Waals surface area (Å²) in [5, 5.41) is 22.6. The number of nitro groups is 1. The van der Waals surface area contributed by atoms with Crippen molar-refractivity contribution in [2.45, 2.75) is 19.3 Å². The number of amides is 1. The van der Waals surface area contributed by atoms with Crippen LogP contribution < -0.4 is 4.90 Å². The van der Waals surface area contributed by atoms with Crippen molar-refractivity contribution < 1.29 is 9.72 Å². The standard InChI is InChI=1S/C21H17ClN4O3S/c1-13-6-7-14(8-18(13)22)24-11-25-20(27)9-16(17(10-23)21(25)30-12-24)15-4-2-3-5-19(15)26(28)29/h2-8,16H,9,11-12H2,1H3. The van der Waals surface area contributed by atoms with Gasteiger partial charge in [-0.2, -0.15) is 5.26 Å². The molecular formula is C21H17ClN4O3S. The molecule has 30 heavy (non-hydrogen) atoms. The van der Waals surface area contributed by atoms with E-state index in [0.29, 0.717) is 33.7 Å². The Bertz CT molecular complexity index is 1130. The van der Waals surface area contributed by atoms with E-state index in [1.54, 1.807) is 23.1 Å². The molecule has 152 valence electrons. The van der Waals surface area contributed by atoms with Crippen LogP contribution in [0.2, 0.25) is 5.02 Å². The van der Waals surface area contributed by atoms with Crippen molar-refractivity contribution in [1.82, 2.24) is 4.90 Å². The second-order valence-electron chi connectivity index (χ2n) is 7.11. The van der Waals surface area contributed by atoms with Crippen molar-refractivity contribution in [3.05, 3.63) is 79.3 Å². The van der Waals surface area contributed by atoms with Crippen LogP contribution in [0.5, 0.6) is 0 Å². The molecule has 9 heteroatoms. The van der Waals surface area contributed by atoms with Crippen LogP contribution in [-0.2, 0) is 4.79 Å². The Morgan fingerprint density at radius 2 is 2.07 bits per heavy atom. The molecular weight excluding hydrogens is 424 g/mol. The SMILES string of the molecule is Cc1ccc(N2CSC3=C(C#N)C(c4ccccc4[N+](=O)[O-])CC(=O)N3C2)cc1Cl. The number of halogens is 1. The van der Waals surface area contributed by atoms with Gasteiger partial charge in [0.2, 0.25) is 5.91 Å². The van der Waals surface area contributed by atoms with E-state index in [2.05, 4.69) is 6.07 Å². The zero-order valence-electron chi connectivity index (χ0n) is 16.0. The average molecular weight is 441 g/mol. The van der Waals surface area contributed by atoms with Crippen molar-refractivity contribution in [2.75, 3.05) is 17.4 Å². The Hall–Kier alpha value is -3.02. The molecule has 2 aliphatic rings. The molecule has 4 rings (SSSR count).